The zero-order valence-corrected chi connectivity index (χ0v) is 23.2. The van der Waals surface area contributed by atoms with Crippen LogP contribution in [0, 0.1) is 0 Å². The van der Waals surface area contributed by atoms with Crippen LogP contribution >= 0.6 is 11.6 Å². The fourth-order valence-electron chi connectivity index (χ4n) is 4.67. The number of carbonyl (C=O) groups is 3. The Bertz CT molecular complexity index is 1220. The molecule has 2 heterocycles. The van der Waals surface area contributed by atoms with Crippen molar-refractivity contribution in [1.82, 2.24) is 10.2 Å². The number of likely N-dealkylation sites (tertiary alicyclic amines) is 1. The third-order valence-corrected chi connectivity index (χ3v) is 6.96. The number of nitrogens with one attached hydrogen (secondary N) is 2. The third kappa shape index (κ3) is 8.97. The highest BCUT2D eigenvalue weighted by Gasteiger charge is 2.38. The fourth-order valence-corrected chi connectivity index (χ4v) is 4.80. The van der Waals surface area contributed by atoms with Crippen LogP contribution in [0.4, 0.5) is 24.5 Å². The van der Waals surface area contributed by atoms with Crippen LogP contribution in [-0.2, 0) is 9.59 Å². The minimum Gasteiger partial charge on any atom is -0.497 e. The van der Waals surface area contributed by atoms with Crippen LogP contribution in [-0.4, -0.2) is 90.5 Å². The van der Waals surface area contributed by atoms with E-state index in [1.54, 1.807) is 37.4 Å². The van der Waals surface area contributed by atoms with E-state index in [4.69, 9.17) is 26.2 Å². The van der Waals surface area contributed by atoms with Crippen LogP contribution in [0.25, 0.3) is 0 Å². The summed E-state index contributed by atoms with van der Waals surface area (Å²) in [6.07, 6.45) is -4.00. The molecule has 4 rings (SSSR count). The maximum atomic E-state index is 12.8. The number of benzene rings is 2. The molecule has 41 heavy (non-hydrogen) atoms. The van der Waals surface area contributed by atoms with E-state index in [9.17, 15) is 27.9 Å². The number of carbonyl (C=O) groups excluding carboxylic acids is 2. The summed E-state index contributed by atoms with van der Waals surface area (Å²) in [7, 11) is 1.60. The van der Waals surface area contributed by atoms with Crippen molar-refractivity contribution in [3.05, 3.63) is 53.1 Å². The van der Waals surface area contributed by atoms with Crippen molar-refractivity contribution < 1.29 is 42.5 Å². The molecular weight excluding hydrogens is 569 g/mol. The van der Waals surface area contributed by atoms with E-state index in [-0.39, 0.29) is 23.9 Å². The normalized spacial score (nSPS) is 19.3. The molecule has 2 saturated heterocycles. The van der Waals surface area contributed by atoms with Crippen molar-refractivity contribution in [3.8, 4) is 5.75 Å². The molecule has 4 N–H and O–H groups in total. The summed E-state index contributed by atoms with van der Waals surface area (Å²) < 4.78 is 37.1. The average Bonchev–Trinajstić information content (AvgIpc) is 3.28. The molecule has 0 radical (unpaired) electrons. The monoisotopic (exact) mass is 600 g/mol. The van der Waals surface area contributed by atoms with Crippen molar-refractivity contribution in [2.24, 2.45) is 0 Å². The highest BCUT2D eigenvalue weighted by Crippen LogP contribution is 2.33. The number of nitrogens with zero attached hydrogens (tertiary/aromatic N) is 2. The minimum absolute atomic E-state index is 0.0192. The zero-order valence-electron chi connectivity index (χ0n) is 22.4. The second kappa shape index (κ2) is 13.9. The van der Waals surface area contributed by atoms with Gasteiger partial charge in [0.25, 0.3) is 5.91 Å². The van der Waals surface area contributed by atoms with E-state index in [1.165, 1.54) is 6.92 Å². The Balaban J connectivity index is 0.000000587. The van der Waals surface area contributed by atoms with Gasteiger partial charge in [-0.1, -0.05) is 11.6 Å². The standard InChI is InChI=1S/C25H31ClN4O4.C2HF3O2/c1-16(31)27-21-8-7-20(34-2)13-23(21)30-14-22(24(32)15-30)28-19-9-11-29(12-10-19)25(33)17-3-5-18(26)6-4-17;3-2(4,5)1(6)7/h3-8,13,19,22,24,28,32H,9-12,14-15H2,1-2H3,(H,27,31);(H,6,7)/t22?,24-;/m1./s1. The van der Waals surface area contributed by atoms with Crippen LogP contribution in [0.15, 0.2) is 42.5 Å². The summed E-state index contributed by atoms with van der Waals surface area (Å²) in [6, 6.07) is 12.6. The Labute approximate surface area is 240 Å². The summed E-state index contributed by atoms with van der Waals surface area (Å²) in [6.45, 7) is 3.85. The van der Waals surface area contributed by atoms with Gasteiger partial charge in [-0.3, -0.25) is 9.59 Å². The lowest BCUT2D eigenvalue weighted by molar-refractivity contribution is -0.192. The van der Waals surface area contributed by atoms with E-state index in [1.807, 2.05) is 17.0 Å². The minimum atomic E-state index is -5.08. The Kier molecular flexibility index (Phi) is 10.8. The molecule has 14 heteroatoms. The van der Waals surface area contributed by atoms with E-state index >= 15 is 0 Å². The Hall–Kier alpha value is -3.55. The Morgan fingerprint density at radius 3 is 2.20 bits per heavy atom. The smallest absolute Gasteiger partial charge is 0.490 e. The number of hydrogen-bond acceptors (Lipinski definition) is 7. The number of hydrogen-bond donors (Lipinski definition) is 4. The summed E-state index contributed by atoms with van der Waals surface area (Å²) in [5, 5.41) is 25.0. The molecule has 2 atom stereocenters. The average molecular weight is 601 g/mol. The summed E-state index contributed by atoms with van der Waals surface area (Å²) in [4.78, 5) is 37.2. The highest BCUT2D eigenvalue weighted by atomic mass is 35.5. The number of methoxy groups -OCH3 is 1. The number of piperidine rings is 1. The van der Waals surface area contributed by atoms with Crippen LogP contribution in [0.1, 0.15) is 30.1 Å². The van der Waals surface area contributed by atoms with Crippen molar-refractivity contribution in [1.29, 1.82) is 0 Å². The lowest BCUT2D eigenvalue weighted by Crippen LogP contribution is -2.50. The fraction of sp³-hybridized carbons (Fsp3) is 0.444. The van der Waals surface area contributed by atoms with Crippen LogP contribution in [0.2, 0.25) is 5.02 Å². The number of alkyl halides is 3. The largest absolute Gasteiger partial charge is 0.497 e. The first-order valence-electron chi connectivity index (χ1n) is 12.8. The topological polar surface area (TPSA) is 131 Å². The number of aliphatic hydroxyl groups is 1. The van der Waals surface area contributed by atoms with Gasteiger partial charge in [-0.25, -0.2) is 4.79 Å². The number of aliphatic hydroxyl groups excluding tert-OH is 1. The predicted octanol–water partition coefficient (Wildman–Crippen LogP) is 3.38. The van der Waals surface area contributed by atoms with Crippen molar-refractivity contribution in [3.63, 3.8) is 0 Å². The molecule has 0 spiro atoms. The zero-order chi connectivity index (χ0) is 30.3. The molecule has 2 aromatic carbocycles. The lowest BCUT2D eigenvalue weighted by Gasteiger charge is -2.34. The van der Waals surface area contributed by atoms with E-state index in [0.717, 1.165) is 18.5 Å². The molecular formula is C27H32ClF3N4O6. The molecule has 0 bridgehead atoms. The van der Waals surface area contributed by atoms with Crippen molar-refractivity contribution in [2.45, 2.75) is 44.1 Å². The first-order chi connectivity index (χ1) is 19.3. The number of halogens is 4. The van der Waals surface area contributed by atoms with Gasteiger partial charge in [-0.2, -0.15) is 13.2 Å². The molecule has 1 unspecified atom stereocenters. The third-order valence-electron chi connectivity index (χ3n) is 6.71. The van der Waals surface area contributed by atoms with E-state index in [2.05, 4.69) is 15.5 Å². The van der Waals surface area contributed by atoms with Gasteiger partial charge in [0, 0.05) is 55.8 Å². The SMILES string of the molecule is COc1ccc(NC(C)=O)c(N2CC(NC3CCN(C(=O)c4ccc(Cl)cc4)CC3)[C@H](O)C2)c1.O=C(O)C(F)(F)F. The lowest BCUT2D eigenvalue weighted by atomic mass is 10.0. The Morgan fingerprint density at radius 1 is 1.05 bits per heavy atom. The summed E-state index contributed by atoms with van der Waals surface area (Å²) in [5.74, 6) is -2.20. The number of rotatable bonds is 6. The number of carboxylic acid groups (broad SMARTS) is 1. The predicted molar refractivity (Wildman–Crippen MR) is 147 cm³/mol. The first kappa shape index (κ1) is 32.0. The van der Waals surface area contributed by atoms with Crippen LogP contribution in [0.3, 0.4) is 0 Å². The molecule has 0 aliphatic carbocycles. The summed E-state index contributed by atoms with van der Waals surface area (Å²) in [5.41, 5.74) is 2.15. The van der Waals surface area contributed by atoms with Gasteiger partial charge >= 0.3 is 12.1 Å². The van der Waals surface area contributed by atoms with Crippen LogP contribution in [0.5, 0.6) is 5.75 Å². The number of ether oxygens (including phenoxy) is 1. The molecule has 0 aromatic heterocycles. The first-order valence-corrected chi connectivity index (χ1v) is 13.2. The number of amides is 2. The molecule has 2 amide bonds. The number of aliphatic carboxylic acids is 1. The van der Waals surface area contributed by atoms with Gasteiger partial charge in [0.1, 0.15) is 5.75 Å². The maximum Gasteiger partial charge on any atom is 0.490 e. The van der Waals surface area contributed by atoms with Gasteiger partial charge in [-0.05, 0) is 49.2 Å². The molecule has 2 aromatic rings. The van der Waals surface area contributed by atoms with E-state index < -0.39 is 18.2 Å². The summed E-state index contributed by atoms with van der Waals surface area (Å²) >= 11 is 5.93. The molecule has 2 aliphatic heterocycles. The second-order valence-electron chi connectivity index (χ2n) is 9.69. The quantitative estimate of drug-likeness (QED) is 0.397. The molecule has 2 fully saturated rings. The van der Waals surface area contributed by atoms with Gasteiger partial charge in [0.15, 0.2) is 0 Å². The maximum absolute atomic E-state index is 12.8. The van der Waals surface area contributed by atoms with E-state index in [0.29, 0.717) is 48.2 Å². The van der Waals surface area contributed by atoms with Gasteiger partial charge in [-0.15, -0.1) is 0 Å². The van der Waals surface area contributed by atoms with Gasteiger partial charge in [0.2, 0.25) is 5.91 Å². The Morgan fingerprint density at radius 2 is 1.66 bits per heavy atom. The van der Waals surface area contributed by atoms with Gasteiger partial charge < -0.3 is 35.4 Å². The second-order valence-corrected chi connectivity index (χ2v) is 10.1. The molecule has 10 nitrogen and oxygen atoms in total. The number of β-amino-alcohol motifs (C(OH)–C–C–N with tert-alkyl or cyclic N) is 1. The van der Waals surface area contributed by atoms with Crippen molar-refractivity contribution in [2.75, 3.05) is 43.5 Å². The molecule has 0 saturated carbocycles. The highest BCUT2D eigenvalue weighted by molar-refractivity contribution is 6.30. The number of carboxylic acids is 1. The molecule has 224 valence electrons. The number of anilines is 2. The van der Waals surface area contributed by atoms with Crippen molar-refractivity contribution >= 4 is 40.8 Å². The van der Waals surface area contributed by atoms with Gasteiger partial charge in [0.05, 0.1) is 30.6 Å². The van der Waals surface area contributed by atoms with Crippen LogP contribution < -0.4 is 20.3 Å². The molecule has 2 aliphatic rings.